The van der Waals surface area contributed by atoms with Crippen molar-refractivity contribution in [3.05, 3.63) is 84.2 Å². The first-order chi connectivity index (χ1) is 15.8. The van der Waals surface area contributed by atoms with E-state index in [4.69, 9.17) is 4.74 Å². The zero-order chi connectivity index (χ0) is 23.6. The summed E-state index contributed by atoms with van der Waals surface area (Å²) in [6.07, 6.45) is 0.699. The number of benzene rings is 3. The molecule has 0 radical (unpaired) electrons. The molecule has 1 atom stereocenters. The molecule has 33 heavy (non-hydrogen) atoms. The molecule has 0 saturated heterocycles. The largest absolute Gasteiger partial charge is 0.494 e. The summed E-state index contributed by atoms with van der Waals surface area (Å²) in [6, 6.07) is 18.6. The van der Waals surface area contributed by atoms with Crippen molar-refractivity contribution in [2.45, 2.75) is 31.2 Å². The van der Waals surface area contributed by atoms with Crippen molar-refractivity contribution in [2.75, 3.05) is 22.4 Å². The van der Waals surface area contributed by atoms with Crippen molar-refractivity contribution in [1.29, 1.82) is 0 Å². The summed E-state index contributed by atoms with van der Waals surface area (Å²) in [5.41, 5.74) is 2.03. The molecule has 3 aromatic carbocycles. The Hall–Kier alpha value is -3.39. The van der Waals surface area contributed by atoms with Gasteiger partial charge in [0.25, 0.3) is 10.0 Å². The molecule has 0 saturated carbocycles. The van der Waals surface area contributed by atoms with Gasteiger partial charge in [0.2, 0.25) is 5.91 Å². The summed E-state index contributed by atoms with van der Waals surface area (Å²) in [5, 5.41) is 0. The highest BCUT2D eigenvalue weighted by Crippen LogP contribution is 2.33. The third-order valence-corrected chi connectivity index (χ3v) is 7.38. The van der Waals surface area contributed by atoms with Gasteiger partial charge in [-0.1, -0.05) is 18.2 Å². The maximum absolute atomic E-state index is 13.6. The predicted octanol–water partition coefficient (Wildman–Crippen LogP) is 4.40. The average Bonchev–Trinajstić information content (AvgIpc) is 3.14. The van der Waals surface area contributed by atoms with Gasteiger partial charge < -0.3 is 9.64 Å². The Morgan fingerprint density at radius 3 is 2.39 bits per heavy atom. The van der Waals surface area contributed by atoms with Crippen LogP contribution in [-0.2, 0) is 21.2 Å². The van der Waals surface area contributed by atoms with Gasteiger partial charge in [0.05, 0.1) is 17.2 Å². The highest BCUT2D eigenvalue weighted by atomic mass is 32.2. The number of rotatable bonds is 7. The van der Waals surface area contributed by atoms with Gasteiger partial charge in [0.1, 0.15) is 18.1 Å². The summed E-state index contributed by atoms with van der Waals surface area (Å²) >= 11 is 0. The average molecular weight is 469 g/mol. The van der Waals surface area contributed by atoms with E-state index in [0.717, 1.165) is 15.6 Å². The summed E-state index contributed by atoms with van der Waals surface area (Å²) in [6.45, 7) is 3.81. The summed E-state index contributed by atoms with van der Waals surface area (Å²) in [7, 11) is -4.11. The van der Waals surface area contributed by atoms with Gasteiger partial charge in [-0.3, -0.25) is 9.10 Å². The van der Waals surface area contributed by atoms with E-state index < -0.39 is 22.4 Å². The molecule has 1 amide bonds. The number of fused-ring (bicyclic) bond motifs is 1. The molecular weight excluding hydrogens is 443 g/mol. The molecule has 0 bridgehead atoms. The van der Waals surface area contributed by atoms with E-state index in [0.29, 0.717) is 18.8 Å². The molecule has 0 N–H and O–H groups in total. The first-order valence-electron chi connectivity index (χ1n) is 10.7. The number of carbonyl (C=O) groups excluding carboxylic acids is 1. The normalized spacial score (nSPS) is 15.2. The number of sulfonamides is 1. The molecule has 1 heterocycles. The molecule has 1 aliphatic heterocycles. The lowest BCUT2D eigenvalue weighted by atomic mass is 10.1. The molecule has 0 unspecified atom stereocenters. The minimum Gasteiger partial charge on any atom is -0.494 e. The number of amides is 1. The highest BCUT2D eigenvalue weighted by molar-refractivity contribution is 7.92. The Balaban J connectivity index is 1.70. The molecule has 3 aromatic rings. The maximum atomic E-state index is 13.6. The Bertz CT molecular complexity index is 1240. The molecule has 0 fully saturated rings. The van der Waals surface area contributed by atoms with Crippen LogP contribution >= 0.6 is 0 Å². The topological polar surface area (TPSA) is 66.9 Å². The van der Waals surface area contributed by atoms with E-state index in [-0.39, 0.29) is 22.5 Å². The predicted molar refractivity (Wildman–Crippen MR) is 126 cm³/mol. The summed E-state index contributed by atoms with van der Waals surface area (Å²) in [5.74, 6) is -0.305. The van der Waals surface area contributed by atoms with Crippen LogP contribution in [0.25, 0.3) is 0 Å². The fourth-order valence-corrected chi connectivity index (χ4v) is 5.48. The van der Waals surface area contributed by atoms with E-state index in [2.05, 4.69) is 0 Å². The van der Waals surface area contributed by atoms with Crippen molar-refractivity contribution < 1.29 is 22.3 Å². The molecule has 0 aliphatic carbocycles. The number of halogens is 1. The Kier molecular flexibility index (Phi) is 6.37. The van der Waals surface area contributed by atoms with E-state index in [1.54, 1.807) is 17.0 Å². The lowest BCUT2D eigenvalue weighted by Gasteiger charge is -2.29. The molecule has 0 spiro atoms. The van der Waals surface area contributed by atoms with E-state index in [1.165, 1.54) is 36.4 Å². The summed E-state index contributed by atoms with van der Waals surface area (Å²) in [4.78, 5) is 15.1. The quantitative estimate of drug-likeness (QED) is 0.516. The van der Waals surface area contributed by atoms with Crippen molar-refractivity contribution in [3.63, 3.8) is 0 Å². The molecule has 6 nitrogen and oxygen atoms in total. The van der Waals surface area contributed by atoms with Gasteiger partial charge in [0.15, 0.2) is 0 Å². The van der Waals surface area contributed by atoms with Gasteiger partial charge >= 0.3 is 0 Å². The molecule has 0 aromatic heterocycles. The second-order valence-corrected chi connectivity index (χ2v) is 9.70. The van der Waals surface area contributed by atoms with Crippen LogP contribution in [0.3, 0.4) is 0 Å². The van der Waals surface area contributed by atoms with E-state index in [9.17, 15) is 17.6 Å². The van der Waals surface area contributed by atoms with E-state index in [1.807, 2.05) is 38.1 Å². The van der Waals surface area contributed by atoms with Gasteiger partial charge in [-0.15, -0.1) is 0 Å². The Morgan fingerprint density at radius 2 is 1.73 bits per heavy atom. The van der Waals surface area contributed by atoms with Gasteiger partial charge in [-0.25, -0.2) is 12.8 Å². The minimum atomic E-state index is -4.11. The molecule has 1 aliphatic rings. The minimum absolute atomic E-state index is 0.0120. The number of carbonyl (C=O) groups is 1. The lowest BCUT2D eigenvalue weighted by Crippen LogP contribution is -2.45. The molecule has 172 valence electrons. The number of para-hydroxylation sites is 1. The monoisotopic (exact) mass is 468 g/mol. The van der Waals surface area contributed by atoms with Gasteiger partial charge in [0, 0.05) is 11.7 Å². The SMILES string of the molecule is CCOc1ccc(S(=O)(=O)N(CC(=O)N2c3ccccc3C[C@H]2C)c2ccc(F)cc2)cc1. The molecule has 4 rings (SSSR count). The molecule has 8 heteroatoms. The Morgan fingerprint density at radius 1 is 1.06 bits per heavy atom. The van der Waals surface area contributed by atoms with Crippen molar-refractivity contribution in [1.82, 2.24) is 0 Å². The number of hydrogen-bond donors (Lipinski definition) is 0. The zero-order valence-electron chi connectivity index (χ0n) is 18.4. The van der Waals surface area contributed by atoms with Crippen molar-refractivity contribution in [2.24, 2.45) is 0 Å². The second kappa shape index (κ2) is 9.23. The summed E-state index contributed by atoms with van der Waals surface area (Å²) < 4.78 is 47.1. The zero-order valence-corrected chi connectivity index (χ0v) is 19.3. The Labute approximate surface area is 193 Å². The fraction of sp³-hybridized carbons (Fsp3) is 0.240. The number of anilines is 2. The van der Waals surface area contributed by atoms with Gasteiger partial charge in [-0.2, -0.15) is 0 Å². The standard InChI is InChI=1S/C25H25FN2O4S/c1-3-32-22-12-14-23(15-13-22)33(30,31)27(21-10-8-20(26)9-11-21)17-25(29)28-18(2)16-19-6-4-5-7-24(19)28/h4-15,18H,3,16-17H2,1-2H3/t18-/m1/s1. The van der Waals surface area contributed by atoms with Crippen LogP contribution in [0, 0.1) is 5.82 Å². The van der Waals surface area contributed by atoms with Gasteiger partial charge in [-0.05, 0) is 80.4 Å². The molecular formula is C25H25FN2O4S. The van der Waals surface area contributed by atoms with Crippen LogP contribution in [-0.4, -0.2) is 33.5 Å². The van der Waals surface area contributed by atoms with Crippen LogP contribution in [0.4, 0.5) is 15.8 Å². The van der Waals surface area contributed by atoms with Crippen molar-refractivity contribution in [3.8, 4) is 5.75 Å². The van der Waals surface area contributed by atoms with Crippen molar-refractivity contribution >= 4 is 27.3 Å². The third kappa shape index (κ3) is 4.57. The number of nitrogens with zero attached hydrogens (tertiary/aromatic N) is 2. The van der Waals surface area contributed by atoms with Crippen LogP contribution < -0.4 is 13.9 Å². The second-order valence-electron chi connectivity index (χ2n) is 7.84. The first kappa shape index (κ1) is 22.8. The van der Waals surface area contributed by atoms with E-state index >= 15 is 0 Å². The number of ether oxygens (including phenoxy) is 1. The third-order valence-electron chi connectivity index (χ3n) is 5.59. The van der Waals surface area contributed by atoms with Crippen LogP contribution in [0.2, 0.25) is 0 Å². The smallest absolute Gasteiger partial charge is 0.264 e. The van der Waals surface area contributed by atoms with Crippen LogP contribution in [0.1, 0.15) is 19.4 Å². The van der Waals surface area contributed by atoms with Crippen LogP contribution in [0.5, 0.6) is 5.75 Å². The maximum Gasteiger partial charge on any atom is 0.264 e. The lowest BCUT2D eigenvalue weighted by molar-refractivity contribution is -0.117. The first-order valence-corrected chi connectivity index (χ1v) is 12.2. The fourth-order valence-electron chi connectivity index (χ4n) is 4.07. The number of hydrogen-bond acceptors (Lipinski definition) is 4. The van der Waals surface area contributed by atoms with Crippen LogP contribution in [0.15, 0.2) is 77.7 Å². The highest BCUT2D eigenvalue weighted by Gasteiger charge is 2.34.